The number of aromatic nitrogens is 2. The van der Waals surface area contributed by atoms with Crippen molar-refractivity contribution < 1.29 is 8.78 Å². The van der Waals surface area contributed by atoms with Gasteiger partial charge >= 0.3 is 5.69 Å². The lowest BCUT2D eigenvalue weighted by molar-refractivity contribution is 0.151. The summed E-state index contributed by atoms with van der Waals surface area (Å²) in [7, 11) is 3.57. The summed E-state index contributed by atoms with van der Waals surface area (Å²) in [5, 5.41) is 0. The van der Waals surface area contributed by atoms with Gasteiger partial charge in [-0.05, 0) is 48.1 Å². The van der Waals surface area contributed by atoms with Crippen LogP contribution in [0, 0.1) is 0 Å². The summed E-state index contributed by atoms with van der Waals surface area (Å²) in [6, 6.07) is 9.07. The Morgan fingerprint density at radius 2 is 1.79 bits per heavy atom. The largest absolute Gasteiger partial charge is 0.341 e. The Hall–Kier alpha value is -2.63. The molecule has 0 amide bonds. The Bertz CT molecular complexity index is 1110. The van der Waals surface area contributed by atoms with Crippen LogP contribution in [-0.4, -0.2) is 15.7 Å². The third-order valence-electron chi connectivity index (χ3n) is 5.79. The van der Waals surface area contributed by atoms with Crippen molar-refractivity contribution in [2.24, 2.45) is 14.1 Å². The molecule has 148 valence electrons. The molecule has 2 aromatic carbocycles. The van der Waals surface area contributed by atoms with Crippen LogP contribution >= 0.6 is 0 Å². The van der Waals surface area contributed by atoms with Crippen LogP contribution in [0.1, 0.15) is 49.3 Å². The lowest BCUT2D eigenvalue weighted by Crippen LogP contribution is -2.25. The predicted octanol–water partition coefficient (Wildman–Crippen LogP) is 5.02. The number of hydrogen-bond acceptors (Lipinski definition) is 2. The van der Waals surface area contributed by atoms with Gasteiger partial charge in [0.15, 0.2) is 0 Å². The predicted molar refractivity (Wildman–Crippen MR) is 109 cm³/mol. The van der Waals surface area contributed by atoms with Gasteiger partial charge in [-0.1, -0.05) is 26.0 Å². The summed E-state index contributed by atoms with van der Waals surface area (Å²) in [4.78, 5) is 14.6. The minimum Gasteiger partial charge on any atom is -0.341 e. The molecule has 0 fully saturated rings. The molecule has 4 rings (SSSR count). The smallest absolute Gasteiger partial charge is 0.328 e. The van der Waals surface area contributed by atoms with Crippen molar-refractivity contribution in [1.29, 1.82) is 0 Å². The molecule has 1 aromatic heterocycles. The van der Waals surface area contributed by atoms with Crippen LogP contribution in [0.3, 0.4) is 0 Å². The van der Waals surface area contributed by atoms with Gasteiger partial charge in [0.25, 0.3) is 6.43 Å². The first kappa shape index (κ1) is 18.7. The topological polar surface area (TPSA) is 30.2 Å². The van der Waals surface area contributed by atoms with Crippen LogP contribution in [0.5, 0.6) is 0 Å². The van der Waals surface area contributed by atoms with Gasteiger partial charge in [0.1, 0.15) is 0 Å². The van der Waals surface area contributed by atoms with Gasteiger partial charge in [0, 0.05) is 37.6 Å². The molecule has 4 nitrogen and oxygen atoms in total. The van der Waals surface area contributed by atoms with Gasteiger partial charge in [-0.3, -0.25) is 9.13 Å². The Morgan fingerprint density at radius 3 is 2.46 bits per heavy atom. The maximum absolute atomic E-state index is 13.3. The Morgan fingerprint density at radius 1 is 1.04 bits per heavy atom. The van der Waals surface area contributed by atoms with Crippen molar-refractivity contribution in [3.8, 4) is 0 Å². The molecular weight excluding hydrogens is 360 g/mol. The molecule has 0 atom stereocenters. The molecule has 0 N–H and O–H groups in total. The molecule has 6 heteroatoms. The van der Waals surface area contributed by atoms with Crippen molar-refractivity contribution in [3.63, 3.8) is 0 Å². The highest BCUT2D eigenvalue weighted by molar-refractivity contribution is 5.86. The van der Waals surface area contributed by atoms with Crippen LogP contribution < -0.4 is 10.6 Å². The lowest BCUT2D eigenvalue weighted by atomic mass is 9.96. The van der Waals surface area contributed by atoms with Crippen LogP contribution in [0.2, 0.25) is 0 Å². The standard InChI is InChI=1S/C22H25F2N3O/c1-13(2)17-11-16(12-19-20(17)26(4)22(28)25(19)3)27-9-5-6-14-7-8-15(21(23)24)10-18(14)27/h7-8,10-13,21H,5-6,9H2,1-4H3. The number of alkyl halides is 2. The van der Waals surface area contributed by atoms with E-state index in [0.29, 0.717) is 0 Å². The number of aryl methyl sites for hydroxylation is 3. The number of halogens is 2. The quantitative estimate of drug-likeness (QED) is 0.634. The van der Waals surface area contributed by atoms with Gasteiger partial charge in [-0.15, -0.1) is 0 Å². The third kappa shape index (κ3) is 2.82. The highest BCUT2D eigenvalue weighted by atomic mass is 19.3. The van der Waals surface area contributed by atoms with Crippen molar-refractivity contribution >= 4 is 22.4 Å². The summed E-state index contributed by atoms with van der Waals surface area (Å²) in [6.07, 6.45) is -0.639. The van der Waals surface area contributed by atoms with Crippen molar-refractivity contribution in [1.82, 2.24) is 9.13 Å². The normalized spacial score (nSPS) is 14.4. The average Bonchev–Trinajstić information content (AvgIpc) is 2.90. The number of anilines is 2. The molecule has 0 saturated carbocycles. The SMILES string of the molecule is CC(C)c1cc(N2CCCc3ccc(C(F)F)cc32)cc2c1n(C)c(=O)n2C. The minimum absolute atomic E-state index is 0.0444. The number of fused-ring (bicyclic) bond motifs is 2. The summed E-state index contributed by atoms with van der Waals surface area (Å²) in [5.41, 5.74) is 5.75. The molecule has 3 aromatic rings. The first-order chi connectivity index (χ1) is 13.3. The fraction of sp³-hybridized carbons (Fsp3) is 0.409. The molecule has 2 heterocycles. The van der Waals surface area contributed by atoms with E-state index in [9.17, 15) is 13.6 Å². The Kier molecular flexibility index (Phi) is 4.52. The van der Waals surface area contributed by atoms with Crippen LogP contribution in [0.4, 0.5) is 20.2 Å². The summed E-state index contributed by atoms with van der Waals surface area (Å²) in [5.74, 6) is 0.229. The molecule has 0 aliphatic carbocycles. The number of hydrogen-bond donors (Lipinski definition) is 0. The van der Waals surface area contributed by atoms with Crippen molar-refractivity contribution in [3.05, 3.63) is 57.5 Å². The Balaban J connectivity index is 1.95. The molecule has 0 bridgehead atoms. The van der Waals surface area contributed by atoms with E-state index in [1.165, 1.54) is 6.07 Å². The van der Waals surface area contributed by atoms with E-state index < -0.39 is 6.43 Å². The third-order valence-corrected chi connectivity index (χ3v) is 5.79. The van der Waals surface area contributed by atoms with E-state index in [4.69, 9.17) is 0 Å². The van der Waals surface area contributed by atoms with Gasteiger partial charge in [0.2, 0.25) is 0 Å². The van der Waals surface area contributed by atoms with Gasteiger partial charge in [-0.2, -0.15) is 0 Å². The van der Waals surface area contributed by atoms with Gasteiger partial charge < -0.3 is 4.90 Å². The van der Waals surface area contributed by atoms with E-state index in [2.05, 4.69) is 24.8 Å². The molecule has 0 radical (unpaired) electrons. The fourth-order valence-corrected chi connectivity index (χ4v) is 4.26. The Labute approximate surface area is 163 Å². The number of imidazole rings is 1. The molecule has 0 spiro atoms. The molecule has 0 saturated heterocycles. The second kappa shape index (κ2) is 6.76. The van der Waals surface area contributed by atoms with Crippen molar-refractivity contribution in [2.75, 3.05) is 11.4 Å². The summed E-state index contributed by atoms with van der Waals surface area (Å²) >= 11 is 0. The zero-order valence-corrected chi connectivity index (χ0v) is 16.7. The average molecular weight is 385 g/mol. The zero-order chi connectivity index (χ0) is 20.2. The maximum Gasteiger partial charge on any atom is 0.328 e. The van der Waals surface area contributed by atoms with Gasteiger partial charge in [0.05, 0.1) is 11.0 Å². The first-order valence-corrected chi connectivity index (χ1v) is 9.67. The van der Waals surface area contributed by atoms with E-state index in [1.807, 2.05) is 12.1 Å². The molecule has 1 aliphatic rings. The minimum atomic E-state index is -2.49. The highest BCUT2D eigenvalue weighted by Gasteiger charge is 2.23. The zero-order valence-electron chi connectivity index (χ0n) is 16.7. The monoisotopic (exact) mass is 385 g/mol. The van der Waals surface area contributed by atoms with E-state index >= 15 is 0 Å². The fourth-order valence-electron chi connectivity index (χ4n) is 4.26. The molecule has 28 heavy (non-hydrogen) atoms. The number of rotatable bonds is 3. The molecular formula is C22H25F2N3O. The highest BCUT2D eigenvalue weighted by Crippen LogP contribution is 2.39. The van der Waals surface area contributed by atoms with Gasteiger partial charge in [-0.25, -0.2) is 13.6 Å². The first-order valence-electron chi connectivity index (χ1n) is 9.67. The maximum atomic E-state index is 13.3. The molecule has 1 aliphatic heterocycles. The van der Waals surface area contributed by atoms with E-state index in [0.717, 1.165) is 52.9 Å². The molecule has 0 unspecified atom stereocenters. The second-order valence-electron chi connectivity index (χ2n) is 7.90. The van der Waals surface area contributed by atoms with Crippen LogP contribution in [0.25, 0.3) is 11.0 Å². The van der Waals surface area contributed by atoms with E-state index in [1.54, 1.807) is 29.3 Å². The number of benzene rings is 2. The summed E-state index contributed by atoms with van der Waals surface area (Å²) in [6.45, 7) is 4.98. The summed E-state index contributed by atoms with van der Waals surface area (Å²) < 4.78 is 29.9. The van der Waals surface area contributed by atoms with Crippen LogP contribution in [0.15, 0.2) is 35.1 Å². The van der Waals surface area contributed by atoms with E-state index in [-0.39, 0.29) is 17.2 Å². The van der Waals surface area contributed by atoms with Crippen molar-refractivity contribution in [2.45, 2.75) is 39.0 Å². The van der Waals surface area contributed by atoms with Crippen LogP contribution in [-0.2, 0) is 20.5 Å². The second-order valence-corrected chi connectivity index (χ2v) is 7.90. The number of nitrogens with zero attached hydrogens (tertiary/aromatic N) is 3. The lowest BCUT2D eigenvalue weighted by Gasteiger charge is -2.32.